The molecule has 0 aromatic heterocycles. The highest BCUT2D eigenvalue weighted by Crippen LogP contribution is 2.33. The first-order chi connectivity index (χ1) is 8.06. The van der Waals surface area contributed by atoms with Crippen molar-refractivity contribution in [2.75, 3.05) is 6.54 Å². The summed E-state index contributed by atoms with van der Waals surface area (Å²) in [6.07, 6.45) is 6.47. The van der Waals surface area contributed by atoms with Crippen molar-refractivity contribution in [3.63, 3.8) is 0 Å². The summed E-state index contributed by atoms with van der Waals surface area (Å²) in [7, 11) is 0. The molecule has 2 N–H and O–H groups in total. The molecule has 3 nitrogen and oxygen atoms in total. The Balaban J connectivity index is 2.36. The molecule has 1 rings (SSSR count). The van der Waals surface area contributed by atoms with Crippen molar-refractivity contribution in [2.24, 2.45) is 11.7 Å². The van der Waals surface area contributed by atoms with Crippen LogP contribution < -0.4 is 5.73 Å². The van der Waals surface area contributed by atoms with E-state index in [0.29, 0.717) is 18.4 Å². The number of hydrogen-bond acceptors (Lipinski definition) is 2. The summed E-state index contributed by atoms with van der Waals surface area (Å²) < 4.78 is 0. The SMILES string of the molecule is CCCCCN(C(=O)CC(N)C1CC1)C(C)C. The summed E-state index contributed by atoms with van der Waals surface area (Å²) in [5, 5.41) is 0. The summed E-state index contributed by atoms with van der Waals surface area (Å²) in [4.78, 5) is 14.2. The molecule has 0 radical (unpaired) electrons. The molecule has 100 valence electrons. The molecule has 1 unspecified atom stereocenters. The van der Waals surface area contributed by atoms with E-state index in [0.717, 1.165) is 13.0 Å². The summed E-state index contributed by atoms with van der Waals surface area (Å²) in [5.41, 5.74) is 6.03. The Morgan fingerprint density at radius 1 is 1.35 bits per heavy atom. The van der Waals surface area contributed by atoms with E-state index in [4.69, 9.17) is 5.73 Å². The molecule has 0 spiro atoms. The van der Waals surface area contributed by atoms with Gasteiger partial charge >= 0.3 is 0 Å². The minimum atomic E-state index is 0.0925. The third-order valence-corrected chi connectivity index (χ3v) is 3.58. The molecule has 0 heterocycles. The van der Waals surface area contributed by atoms with Gasteiger partial charge in [-0.05, 0) is 39.0 Å². The molecule has 1 aliphatic carbocycles. The smallest absolute Gasteiger partial charge is 0.224 e. The predicted octanol–water partition coefficient (Wildman–Crippen LogP) is 2.54. The van der Waals surface area contributed by atoms with Crippen LogP contribution in [-0.4, -0.2) is 29.4 Å². The number of carbonyl (C=O) groups excluding carboxylic acids is 1. The van der Waals surface area contributed by atoms with Crippen molar-refractivity contribution >= 4 is 5.91 Å². The predicted molar refractivity (Wildman–Crippen MR) is 71.7 cm³/mol. The van der Waals surface area contributed by atoms with E-state index in [1.165, 1.54) is 25.7 Å². The van der Waals surface area contributed by atoms with Gasteiger partial charge in [0.1, 0.15) is 0 Å². The second kappa shape index (κ2) is 7.00. The molecular weight excluding hydrogens is 212 g/mol. The maximum Gasteiger partial charge on any atom is 0.224 e. The lowest BCUT2D eigenvalue weighted by molar-refractivity contribution is -0.133. The average molecular weight is 240 g/mol. The van der Waals surface area contributed by atoms with Crippen molar-refractivity contribution in [1.82, 2.24) is 4.90 Å². The van der Waals surface area contributed by atoms with E-state index in [1.807, 2.05) is 4.90 Å². The minimum Gasteiger partial charge on any atom is -0.340 e. The van der Waals surface area contributed by atoms with Gasteiger partial charge in [0.2, 0.25) is 5.91 Å². The highest BCUT2D eigenvalue weighted by Gasteiger charge is 2.31. The van der Waals surface area contributed by atoms with Crippen LogP contribution in [0.1, 0.15) is 59.3 Å². The van der Waals surface area contributed by atoms with E-state index in [-0.39, 0.29) is 11.9 Å². The maximum atomic E-state index is 12.2. The monoisotopic (exact) mass is 240 g/mol. The van der Waals surface area contributed by atoms with Gasteiger partial charge in [-0.25, -0.2) is 0 Å². The Hall–Kier alpha value is -0.570. The Bertz CT molecular complexity index is 236. The number of nitrogens with zero attached hydrogens (tertiary/aromatic N) is 1. The van der Waals surface area contributed by atoms with E-state index in [9.17, 15) is 4.79 Å². The van der Waals surface area contributed by atoms with E-state index < -0.39 is 0 Å². The van der Waals surface area contributed by atoms with Gasteiger partial charge in [-0.15, -0.1) is 0 Å². The zero-order chi connectivity index (χ0) is 12.8. The van der Waals surface area contributed by atoms with Gasteiger partial charge in [-0.2, -0.15) is 0 Å². The molecule has 1 aliphatic rings. The zero-order valence-corrected chi connectivity index (χ0v) is 11.6. The lowest BCUT2D eigenvalue weighted by atomic mass is 10.1. The highest BCUT2D eigenvalue weighted by atomic mass is 16.2. The van der Waals surface area contributed by atoms with Crippen molar-refractivity contribution in [3.05, 3.63) is 0 Å². The Morgan fingerprint density at radius 3 is 2.47 bits per heavy atom. The molecule has 0 bridgehead atoms. The van der Waals surface area contributed by atoms with Crippen LogP contribution in [0.2, 0.25) is 0 Å². The second-order valence-corrected chi connectivity index (χ2v) is 5.59. The number of carbonyl (C=O) groups is 1. The molecule has 1 atom stereocenters. The molecule has 1 amide bonds. The van der Waals surface area contributed by atoms with Gasteiger partial charge in [0.05, 0.1) is 0 Å². The fraction of sp³-hybridized carbons (Fsp3) is 0.929. The summed E-state index contributed by atoms with van der Waals surface area (Å²) in [6.45, 7) is 7.26. The Morgan fingerprint density at radius 2 is 2.00 bits per heavy atom. The van der Waals surface area contributed by atoms with Crippen LogP contribution in [0.4, 0.5) is 0 Å². The van der Waals surface area contributed by atoms with Crippen LogP contribution in [0.25, 0.3) is 0 Å². The standard InChI is InChI=1S/C14H28N2O/c1-4-5-6-9-16(11(2)3)14(17)10-13(15)12-7-8-12/h11-13H,4-10,15H2,1-3H3. The minimum absolute atomic E-state index is 0.0925. The molecular formula is C14H28N2O. The molecule has 3 heteroatoms. The van der Waals surface area contributed by atoms with Crippen LogP contribution >= 0.6 is 0 Å². The van der Waals surface area contributed by atoms with Crippen LogP contribution in [0.5, 0.6) is 0 Å². The van der Waals surface area contributed by atoms with E-state index >= 15 is 0 Å². The lowest BCUT2D eigenvalue weighted by Gasteiger charge is -2.28. The largest absolute Gasteiger partial charge is 0.340 e. The summed E-state index contributed by atoms with van der Waals surface area (Å²) in [5.74, 6) is 0.860. The number of amides is 1. The molecule has 17 heavy (non-hydrogen) atoms. The van der Waals surface area contributed by atoms with Crippen LogP contribution in [0.15, 0.2) is 0 Å². The topological polar surface area (TPSA) is 46.3 Å². The highest BCUT2D eigenvalue weighted by molar-refractivity contribution is 5.77. The van der Waals surface area contributed by atoms with E-state index in [1.54, 1.807) is 0 Å². The first kappa shape index (κ1) is 14.5. The van der Waals surface area contributed by atoms with Crippen molar-refractivity contribution in [3.8, 4) is 0 Å². The average Bonchev–Trinajstić information content (AvgIpc) is 3.07. The van der Waals surface area contributed by atoms with Crippen molar-refractivity contribution in [1.29, 1.82) is 0 Å². The molecule has 1 saturated carbocycles. The van der Waals surface area contributed by atoms with Gasteiger partial charge < -0.3 is 10.6 Å². The molecule has 0 aliphatic heterocycles. The number of rotatable bonds is 8. The van der Waals surface area contributed by atoms with Gasteiger partial charge in [-0.3, -0.25) is 4.79 Å². The van der Waals surface area contributed by atoms with E-state index in [2.05, 4.69) is 20.8 Å². The second-order valence-electron chi connectivity index (χ2n) is 5.59. The molecule has 0 aromatic carbocycles. The number of hydrogen-bond donors (Lipinski definition) is 1. The third kappa shape index (κ3) is 5.07. The number of nitrogens with two attached hydrogens (primary N) is 1. The summed E-state index contributed by atoms with van der Waals surface area (Å²) >= 11 is 0. The maximum absolute atomic E-state index is 12.2. The fourth-order valence-corrected chi connectivity index (χ4v) is 2.21. The molecule has 0 saturated heterocycles. The normalized spacial score (nSPS) is 17.2. The Kier molecular flexibility index (Phi) is 5.96. The molecule has 0 aromatic rings. The van der Waals surface area contributed by atoms with Gasteiger partial charge in [0.15, 0.2) is 0 Å². The fourth-order valence-electron chi connectivity index (χ4n) is 2.21. The number of unbranched alkanes of at least 4 members (excludes halogenated alkanes) is 2. The van der Waals surface area contributed by atoms with Gasteiger partial charge in [0, 0.05) is 25.0 Å². The van der Waals surface area contributed by atoms with Crippen molar-refractivity contribution < 1.29 is 4.79 Å². The molecule has 1 fully saturated rings. The van der Waals surface area contributed by atoms with Crippen LogP contribution in [-0.2, 0) is 4.79 Å². The Labute approximate surface area is 106 Å². The third-order valence-electron chi connectivity index (χ3n) is 3.58. The lowest BCUT2D eigenvalue weighted by Crippen LogP contribution is -2.41. The summed E-state index contributed by atoms with van der Waals surface area (Å²) in [6, 6.07) is 0.390. The van der Waals surface area contributed by atoms with Gasteiger partial charge in [-0.1, -0.05) is 19.8 Å². The quantitative estimate of drug-likeness (QED) is 0.663. The zero-order valence-electron chi connectivity index (χ0n) is 11.6. The van der Waals surface area contributed by atoms with Crippen LogP contribution in [0, 0.1) is 5.92 Å². The van der Waals surface area contributed by atoms with Gasteiger partial charge in [0.25, 0.3) is 0 Å². The van der Waals surface area contributed by atoms with Crippen molar-refractivity contribution in [2.45, 2.75) is 71.4 Å². The first-order valence-corrected chi connectivity index (χ1v) is 7.11. The van der Waals surface area contributed by atoms with Crippen LogP contribution in [0.3, 0.4) is 0 Å². The first-order valence-electron chi connectivity index (χ1n) is 7.11.